The first-order valence-corrected chi connectivity index (χ1v) is 13.4. The molecule has 8 nitrogen and oxygen atoms in total. The molecule has 0 unspecified atom stereocenters. The first kappa shape index (κ1) is 26.1. The number of pyridine rings is 1. The van der Waals surface area contributed by atoms with Gasteiger partial charge in [-0.05, 0) is 41.8 Å². The molecule has 3 aromatic carbocycles. The molecule has 2 heterocycles. The Morgan fingerprint density at radius 1 is 1.07 bits per heavy atom. The lowest BCUT2D eigenvalue weighted by Gasteiger charge is -2.22. The van der Waals surface area contributed by atoms with E-state index in [9.17, 15) is 11.9 Å². The zero-order valence-corrected chi connectivity index (χ0v) is 23.1. The van der Waals surface area contributed by atoms with Crippen LogP contribution in [0.4, 0.5) is 11.4 Å². The molecular formula is C32H27ClN8. The van der Waals surface area contributed by atoms with Crippen LogP contribution in [0.25, 0.3) is 10.9 Å². The third-order valence-electron chi connectivity index (χ3n) is 6.63. The third kappa shape index (κ3) is 5.89. The van der Waals surface area contributed by atoms with Crippen molar-refractivity contribution in [1.29, 1.82) is 10.5 Å². The Morgan fingerprint density at radius 3 is 2.61 bits per heavy atom. The SMILES string of the molecule is [2H][C@@](Nc1cc(Cl)c2ncc(C#N)c(N[C@H](CC)c3ccccc3)c2c1)(c1cccc(C#N)c1)c1cn(CC=C)nn1. The molecule has 9 heteroatoms. The van der Waals surface area contributed by atoms with E-state index in [0.29, 0.717) is 56.2 Å². The molecule has 0 saturated heterocycles. The monoisotopic (exact) mass is 559 g/mol. The summed E-state index contributed by atoms with van der Waals surface area (Å²) in [6.07, 6.45) is 5.64. The molecule has 2 N–H and O–H groups in total. The molecule has 0 fully saturated rings. The number of fused-ring (bicyclic) bond motifs is 1. The van der Waals surface area contributed by atoms with Gasteiger partial charge in [0.1, 0.15) is 11.8 Å². The minimum absolute atomic E-state index is 0.0665. The highest BCUT2D eigenvalue weighted by Crippen LogP contribution is 2.37. The Bertz CT molecular complexity index is 1840. The van der Waals surface area contributed by atoms with Crippen LogP contribution in [0.5, 0.6) is 0 Å². The normalized spacial score (nSPS) is 13.3. The third-order valence-corrected chi connectivity index (χ3v) is 6.92. The molecular weight excluding hydrogens is 532 g/mol. The van der Waals surface area contributed by atoms with Crippen LogP contribution >= 0.6 is 11.6 Å². The lowest BCUT2D eigenvalue weighted by atomic mass is 10.0. The molecule has 41 heavy (non-hydrogen) atoms. The van der Waals surface area contributed by atoms with Crippen molar-refractivity contribution in [2.24, 2.45) is 0 Å². The molecule has 5 rings (SSSR count). The highest BCUT2D eigenvalue weighted by atomic mass is 35.5. The minimum atomic E-state index is -1.65. The van der Waals surface area contributed by atoms with Crippen LogP contribution in [0.2, 0.25) is 5.02 Å². The molecule has 2 atom stereocenters. The van der Waals surface area contributed by atoms with Crippen molar-refractivity contribution in [1.82, 2.24) is 20.0 Å². The summed E-state index contributed by atoms with van der Waals surface area (Å²) in [4.78, 5) is 4.48. The summed E-state index contributed by atoms with van der Waals surface area (Å²) in [5.41, 5.74) is 4.27. The second kappa shape index (κ2) is 12.3. The van der Waals surface area contributed by atoms with Gasteiger partial charge >= 0.3 is 0 Å². The van der Waals surface area contributed by atoms with Gasteiger partial charge in [-0.2, -0.15) is 10.5 Å². The average Bonchev–Trinajstić information content (AvgIpc) is 3.50. The van der Waals surface area contributed by atoms with Gasteiger partial charge in [-0.25, -0.2) is 4.68 Å². The van der Waals surface area contributed by atoms with E-state index < -0.39 is 6.02 Å². The van der Waals surface area contributed by atoms with Gasteiger partial charge < -0.3 is 10.6 Å². The van der Waals surface area contributed by atoms with Crippen LogP contribution in [0.15, 0.2) is 91.8 Å². The number of hydrogen-bond donors (Lipinski definition) is 2. The van der Waals surface area contributed by atoms with E-state index in [1.165, 1.54) is 6.20 Å². The van der Waals surface area contributed by atoms with Crippen molar-refractivity contribution < 1.29 is 1.37 Å². The van der Waals surface area contributed by atoms with Gasteiger partial charge in [0.15, 0.2) is 0 Å². The van der Waals surface area contributed by atoms with Crippen LogP contribution in [-0.4, -0.2) is 20.0 Å². The molecule has 0 amide bonds. The highest BCUT2D eigenvalue weighted by Gasteiger charge is 2.21. The molecule has 0 aliphatic rings. The van der Waals surface area contributed by atoms with E-state index in [1.807, 2.05) is 36.4 Å². The van der Waals surface area contributed by atoms with Gasteiger partial charge in [0.2, 0.25) is 0 Å². The first-order valence-electron chi connectivity index (χ1n) is 13.5. The predicted octanol–water partition coefficient (Wildman–Crippen LogP) is 7.17. The summed E-state index contributed by atoms with van der Waals surface area (Å²) in [6.45, 7) is 6.24. The fourth-order valence-corrected chi connectivity index (χ4v) is 4.93. The maximum absolute atomic E-state index is 9.99. The number of benzene rings is 3. The number of aromatic nitrogens is 4. The highest BCUT2D eigenvalue weighted by molar-refractivity contribution is 6.35. The predicted molar refractivity (Wildman–Crippen MR) is 161 cm³/mol. The van der Waals surface area contributed by atoms with Crippen LogP contribution < -0.4 is 10.6 Å². The second-order valence-corrected chi connectivity index (χ2v) is 9.74. The Labute approximate surface area is 244 Å². The van der Waals surface area contributed by atoms with Crippen LogP contribution in [0.1, 0.15) is 54.7 Å². The topological polar surface area (TPSA) is 115 Å². The van der Waals surface area contributed by atoms with Crippen LogP contribution in [0, 0.1) is 22.7 Å². The van der Waals surface area contributed by atoms with E-state index in [2.05, 4.69) is 51.6 Å². The van der Waals surface area contributed by atoms with Gasteiger partial charge in [0.05, 0.1) is 59.6 Å². The van der Waals surface area contributed by atoms with Crippen molar-refractivity contribution >= 4 is 33.9 Å². The van der Waals surface area contributed by atoms with Crippen molar-refractivity contribution in [2.45, 2.75) is 31.9 Å². The van der Waals surface area contributed by atoms with Gasteiger partial charge in [-0.1, -0.05) is 72.3 Å². The van der Waals surface area contributed by atoms with Gasteiger partial charge in [-0.3, -0.25) is 4.98 Å². The maximum atomic E-state index is 9.99. The molecule has 0 radical (unpaired) electrons. The summed E-state index contributed by atoms with van der Waals surface area (Å²) < 4.78 is 11.2. The molecule has 2 aromatic heterocycles. The largest absolute Gasteiger partial charge is 0.377 e. The number of allylic oxidation sites excluding steroid dienone is 1. The summed E-state index contributed by atoms with van der Waals surface area (Å²) in [5, 5.41) is 35.8. The van der Waals surface area contributed by atoms with Gasteiger partial charge in [0.25, 0.3) is 0 Å². The Kier molecular flexibility index (Phi) is 7.84. The van der Waals surface area contributed by atoms with Gasteiger partial charge in [0, 0.05) is 17.3 Å². The Hall–Kier alpha value is -5.18. The first-order chi connectivity index (χ1) is 20.4. The molecule has 0 aliphatic carbocycles. The molecule has 202 valence electrons. The van der Waals surface area contributed by atoms with Crippen molar-refractivity contribution in [3.63, 3.8) is 0 Å². The number of nitriles is 2. The molecule has 5 aromatic rings. The minimum Gasteiger partial charge on any atom is -0.377 e. The quantitative estimate of drug-likeness (QED) is 0.174. The van der Waals surface area contributed by atoms with E-state index in [4.69, 9.17) is 11.6 Å². The summed E-state index contributed by atoms with van der Waals surface area (Å²) in [7, 11) is 0. The average molecular weight is 560 g/mol. The molecule has 0 aliphatic heterocycles. The number of hydrogen-bond acceptors (Lipinski definition) is 7. The van der Waals surface area contributed by atoms with Crippen molar-refractivity contribution in [3.05, 3.63) is 125 Å². The molecule has 0 spiro atoms. The fourth-order valence-electron chi connectivity index (χ4n) is 4.66. The number of halogens is 1. The van der Waals surface area contributed by atoms with Crippen LogP contribution in [-0.2, 0) is 6.54 Å². The lowest BCUT2D eigenvalue weighted by molar-refractivity contribution is 0.661. The number of nitrogens with zero attached hydrogens (tertiary/aromatic N) is 6. The Balaban J connectivity index is 1.65. The zero-order valence-electron chi connectivity index (χ0n) is 23.3. The molecule has 0 saturated carbocycles. The van der Waals surface area contributed by atoms with Crippen molar-refractivity contribution in [3.8, 4) is 12.1 Å². The van der Waals surface area contributed by atoms with Gasteiger partial charge in [-0.15, -0.1) is 11.7 Å². The number of anilines is 2. The smallest absolute Gasteiger partial charge is 0.109 e. The fraction of sp³-hybridized carbons (Fsp3) is 0.156. The van der Waals surface area contributed by atoms with E-state index in [-0.39, 0.29) is 6.04 Å². The van der Waals surface area contributed by atoms with Crippen molar-refractivity contribution in [2.75, 3.05) is 10.6 Å². The van der Waals surface area contributed by atoms with E-state index in [1.54, 1.807) is 47.3 Å². The van der Waals surface area contributed by atoms with E-state index >= 15 is 0 Å². The molecule has 0 bridgehead atoms. The number of nitrogens with one attached hydrogen (secondary N) is 2. The van der Waals surface area contributed by atoms with Crippen LogP contribution in [0.3, 0.4) is 0 Å². The number of rotatable bonds is 10. The Morgan fingerprint density at radius 2 is 1.88 bits per heavy atom. The zero-order chi connectivity index (χ0) is 29.7. The maximum Gasteiger partial charge on any atom is 0.109 e. The summed E-state index contributed by atoms with van der Waals surface area (Å²) >= 11 is 6.77. The summed E-state index contributed by atoms with van der Waals surface area (Å²) in [5.74, 6) is 0. The van der Waals surface area contributed by atoms with E-state index in [0.717, 1.165) is 12.0 Å². The second-order valence-electron chi connectivity index (χ2n) is 9.34. The standard InChI is InChI=1S/C32H27ClN8/c1-3-13-41-20-29(39-40-41)31(23-12-8-9-21(14-23)17-34)37-25-15-26-30(24(18-35)19-36-32(26)27(33)16-25)38-28(4-2)22-10-6-5-7-11-22/h3,5-12,14-16,19-20,28,31,37H,1,4,13H2,2H3,(H,36,38)/t28-,31-/m1/s1/i31D. The lowest BCUT2D eigenvalue weighted by Crippen LogP contribution is -2.14. The summed E-state index contributed by atoms with van der Waals surface area (Å²) in [6, 6.07) is 23.0.